The Morgan fingerprint density at radius 2 is 1.75 bits per heavy atom. The van der Waals surface area contributed by atoms with Crippen LogP contribution >= 0.6 is 0 Å². The standard InChI is InChI=1S/C23H30N2O3/c1-4-5-15-24-23(27)19(3)25(16-20-12-7-6-8-13-20)22(26)17-28-21-14-10-9-11-18(21)2/h6-14,19H,4-5,15-17H2,1-3H3,(H,24,27). The van der Waals surface area contributed by atoms with E-state index in [0.717, 1.165) is 24.0 Å². The maximum atomic E-state index is 12.9. The Hall–Kier alpha value is -2.82. The van der Waals surface area contributed by atoms with Gasteiger partial charge in [0.05, 0.1) is 0 Å². The van der Waals surface area contributed by atoms with E-state index in [0.29, 0.717) is 18.8 Å². The Labute approximate surface area is 167 Å². The van der Waals surface area contributed by atoms with Crippen molar-refractivity contribution >= 4 is 11.8 Å². The highest BCUT2D eigenvalue weighted by atomic mass is 16.5. The van der Waals surface area contributed by atoms with Crippen molar-refractivity contribution in [3.05, 3.63) is 65.7 Å². The maximum absolute atomic E-state index is 12.9. The molecule has 0 fully saturated rings. The molecule has 0 spiro atoms. The monoisotopic (exact) mass is 382 g/mol. The lowest BCUT2D eigenvalue weighted by molar-refractivity contribution is -0.142. The van der Waals surface area contributed by atoms with E-state index in [9.17, 15) is 9.59 Å². The van der Waals surface area contributed by atoms with E-state index in [4.69, 9.17) is 4.74 Å². The van der Waals surface area contributed by atoms with Crippen molar-refractivity contribution in [2.24, 2.45) is 0 Å². The summed E-state index contributed by atoms with van der Waals surface area (Å²) in [5.41, 5.74) is 1.94. The minimum atomic E-state index is -0.579. The molecule has 2 rings (SSSR count). The van der Waals surface area contributed by atoms with Crippen LogP contribution in [0.5, 0.6) is 5.75 Å². The molecule has 0 bridgehead atoms. The Kier molecular flexibility index (Phi) is 8.53. The number of nitrogens with zero attached hydrogens (tertiary/aromatic N) is 1. The van der Waals surface area contributed by atoms with Gasteiger partial charge in [-0.1, -0.05) is 61.9 Å². The molecule has 0 aliphatic rings. The number of hydrogen-bond acceptors (Lipinski definition) is 3. The minimum absolute atomic E-state index is 0.107. The third kappa shape index (κ3) is 6.41. The van der Waals surface area contributed by atoms with Crippen LogP contribution in [0.4, 0.5) is 0 Å². The van der Waals surface area contributed by atoms with Crippen molar-refractivity contribution in [3.63, 3.8) is 0 Å². The zero-order chi connectivity index (χ0) is 20.4. The topological polar surface area (TPSA) is 58.6 Å². The molecule has 5 nitrogen and oxygen atoms in total. The zero-order valence-electron chi connectivity index (χ0n) is 17.0. The van der Waals surface area contributed by atoms with Gasteiger partial charge in [-0.2, -0.15) is 0 Å². The van der Waals surface area contributed by atoms with Crippen molar-refractivity contribution in [2.75, 3.05) is 13.2 Å². The summed E-state index contributed by atoms with van der Waals surface area (Å²) in [5, 5.41) is 2.91. The zero-order valence-corrected chi connectivity index (χ0v) is 17.0. The average Bonchev–Trinajstić information content (AvgIpc) is 2.71. The molecule has 0 aliphatic heterocycles. The Morgan fingerprint density at radius 1 is 1.07 bits per heavy atom. The molecule has 0 radical (unpaired) electrons. The van der Waals surface area contributed by atoms with E-state index in [1.807, 2.05) is 61.5 Å². The number of ether oxygens (including phenoxy) is 1. The molecule has 0 aliphatic carbocycles. The second-order valence-corrected chi connectivity index (χ2v) is 6.88. The highest BCUT2D eigenvalue weighted by molar-refractivity contribution is 5.87. The van der Waals surface area contributed by atoms with Gasteiger partial charge in [0.2, 0.25) is 5.91 Å². The second kappa shape index (κ2) is 11.1. The normalized spacial score (nSPS) is 11.5. The van der Waals surface area contributed by atoms with Crippen molar-refractivity contribution < 1.29 is 14.3 Å². The predicted octanol–water partition coefficient (Wildman–Crippen LogP) is 3.71. The lowest BCUT2D eigenvalue weighted by Gasteiger charge is -2.29. The Balaban J connectivity index is 2.08. The van der Waals surface area contributed by atoms with Gasteiger partial charge in [0, 0.05) is 13.1 Å². The third-order valence-electron chi connectivity index (χ3n) is 4.64. The number of hydrogen-bond donors (Lipinski definition) is 1. The first-order valence-electron chi connectivity index (χ1n) is 9.82. The van der Waals surface area contributed by atoms with E-state index in [2.05, 4.69) is 12.2 Å². The molecule has 5 heteroatoms. The van der Waals surface area contributed by atoms with Crippen LogP contribution < -0.4 is 10.1 Å². The van der Waals surface area contributed by atoms with Crippen LogP contribution in [-0.2, 0) is 16.1 Å². The molecule has 0 saturated carbocycles. The SMILES string of the molecule is CCCCNC(=O)C(C)N(Cc1ccccc1)C(=O)COc1ccccc1C. The molecule has 2 aromatic rings. The average molecular weight is 383 g/mol. The maximum Gasteiger partial charge on any atom is 0.261 e. The summed E-state index contributed by atoms with van der Waals surface area (Å²) in [5.74, 6) is 0.314. The first kappa shape index (κ1) is 21.5. The van der Waals surface area contributed by atoms with Gasteiger partial charge in [-0.25, -0.2) is 0 Å². The number of para-hydroxylation sites is 1. The fourth-order valence-corrected chi connectivity index (χ4v) is 2.84. The molecule has 0 heterocycles. The molecule has 2 aromatic carbocycles. The van der Waals surface area contributed by atoms with Crippen LogP contribution in [0.3, 0.4) is 0 Å². The van der Waals surface area contributed by atoms with Crippen molar-refractivity contribution in [1.29, 1.82) is 0 Å². The number of carbonyl (C=O) groups is 2. The van der Waals surface area contributed by atoms with Crippen LogP contribution in [0.25, 0.3) is 0 Å². The highest BCUT2D eigenvalue weighted by Crippen LogP contribution is 2.17. The van der Waals surface area contributed by atoms with Gasteiger partial charge in [0.25, 0.3) is 5.91 Å². The van der Waals surface area contributed by atoms with E-state index >= 15 is 0 Å². The van der Waals surface area contributed by atoms with Gasteiger partial charge in [0.15, 0.2) is 6.61 Å². The van der Waals surface area contributed by atoms with E-state index in [1.165, 1.54) is 0 Å². The first-order valence-corrected chi connectivity index (χ1v) is 9.82. The molecule has 0 aromatic heterocycles. The number of carbonyl (C=O) groups excluding carboxylic acids is 2. The number of benzene rings is 2. The second-order valence-electron chi connectivity index (χ2n) is 6.88. The van der Waals surface area contributed by atoms with E-state index in [-0.39, 0.29) is 18.4 Å². The molecular weight excluding hydrogens is 352 g/mol. The van der Waals surface area contributed by atoms with E-state index < -0.39 is 6.04 Å². The summed E-state index contributed by atoms with van der Waals surface area (Å²) in [6.07, 6.45) is 1.92. The van der Waals surface area contributed by atoms with Crippen molar-refractivity contribution in [3.8, 4) is 5.75 Å². The van der Waals surface area contributed by atoms with E-state index in [1.54, 1.807) is 11.8 Å². The largest absolute Gasteiger partial charge is 0.484 e. The highest BCUT2D eigenvalue weighted by Gasteiger charge is 2.26. The minimum Gasteiger partial charge on any atom is -0.484 e. The number of aryl methyl sites for hydroxylation is 1. The number of rotatable bonds is 10. The summed E-state index contributed by atoms with van der Waals surface area (Å²) in [6, 6.07) is 16.7. The molecule has 1 unspecified atom stereocenters. The van der Waals surface area contributed by atoms with Crippen LogP contribution in [0.15, 0.2) is 54.6 Å². The Morgan fingerprint density at radius 3 is 2.43 bits per heavy atom. The number of unbranched alkanes of at least 4 members (excludes halogenated alkanes) is 1. The first-order chi connectivity index (χ1) is 13.5. The number of nitrogens with one attached hydrogen (secondary N) is 1. The fourth-order valence-electron chi connectivity index (χ4n) is 2.84. The lowest BCUT2D eigenvalue weighted by atomic mass is 10.1. The van der Waals surface area contributed by atoms with Crippen molar-refractivity contribution in [2.45, 2.75) is 46.2 Å². The van der Waals surface area contributed by atoms with Gasteiger partial charge in [-0.15, -0.1) is 0 Å². The molecule has 0 saturated heterocycles. The predicted molar refractivity (Wildman–Crippen MR) is 111 cm³/mol. The molecule has 28 heavy (non-hydrogen) atoms. The third-order valence-corrected chi connectivity index (χ3v) is 4.64. The lowest BCUT2D eigenvalue weighted by Crippen LogP contribution is -2.49. The Bertz CT molecular complexity index is 761. The van der Waals surface area contributed by atoms with Crippen molar-refractivity contribution in [1.82, 2.24) is 10.2 Å². The molecule has 150 valence electrons. The summed E-state index contributed by atoms with van der Waals surface area (Å²) >= 11 is 0. The van der Waals surface area contributed by atoms with Crippen LogP contribution in [0.1, 0.15) is 37.8 Å². The summed E-state index contributed by atoms with van der Waals surface area (Å²) < 4.78 is 5.72. The molecular formula is C23H30N2O3. The van der Waals surface area contributed by atoms with Gasteiger partial charge in [-0.05, 0) is 37.5 Å². The fraction of sp³-hybridized carbons (Fsp3) is 0.391. The molecule has 2 amide bonds. The van der Waals surface area contributed by atoms with Crippen LogP contribution in [0.2, 0.25) is 0 Å². The van der Waals surface area contributed by atoms with Gasteiger partial charge >= 0.3 is 0 Å². The number of amides is 2. The smallest absolute Gasteiger partial charge is 0.261 e. The quantitative estimate of drug-likeness (QED) is 0.637. The van der Waals surface area contributed by atoms with Crippen LogP contribution in [0, 0.1) is 6.92 Å². The van der Waals surface area contributed by atoms with Gasteiger partial charge in [-0.3, -0.25) is 9.59 Å². The molecule has 1 atom stereocenters. The summed E-state index contributed by atoms with van der Waals surface area (Å²) in [7, 11) is 0. The summed E-state index contributed by atoms with van der Waals surface area (Å²) in [4.78, 5) is 27.0. The van der Waals surface area contributed by atoms with Crippen LogP contribution in [-0.4, -0.2) is 35.9 Å². The molecule has 1 N–H and O–H groups in total. The van der Waals surface area contributed by atoms with Gasteiger partial charge < -0.3 is 15.0 Å². The van der Waals surface area contributed by atoms with Gasteiger partial charge in [0.1, 0.15) is 11.8 Å². The summed E-state index contributed by atoms with van der Waals surface area (Å²) in [6.45, 7) is 6.64.